The van der Waals surface area contributed by atoms with E-state index in [0.29, 0.717) is 6.42 Å². The molecule has 1 atom stereocenters. The molecule has 1 amide bonds. The Kier molecular flexibility index (Phi) is 6.99. The van der Waals surface area contributed by atoms with Gasteiger partial charge in [0.25, 0.3) is 5.91 Å². The number of anilines is 1. The Bertz CT molecular complexity index is 667. The minimum Gasteiger partial charge on any atom is -0.480 e. The number of carboxylic acid groups (broad SMARTS) is 1. The smallest absolute Gasteiger partial charge is 0.326 e. The highest BCUT2D eigenvalue weighted by atomic mass is 16.4. The first-order valence-corrected chi connectivity index (χ1v) is 7.71. The molecule has 0 heterocycles. The maximum Gasteiger partial charge on any atom is 0.326 e. The third-order valence-corrected chi connectivity index (χ3v) is 3.28. The van der Waals surface area contributed by atoms with Crippen LogP contribution in [-0.4, -0.2) is 23.0 Å². The monoisotopic (exact) mass is 329 g/mol. The molecule has 128 valence electrons. The largest absolute Gasteiger partial charge is 0.480 e. The summed E-state index contributed by atoms with van der Waals surface area (Å²) in [5.41, 5.74) is 2.68. The number of hydrogen-bond acceptors (Lipinski definition) is 4. The predicted octanol–water partition coefficient (Wildman–Crippen LogP) is 2.74. The summed E-state index contributed by atoms with van der Waals surface area (Å²) in [6.07, 6.45) is 1.59. The summed E-state index contributed by atoms with van der Waals surface area (Å²) in [4.78, 5) is 23.3. The van der Waals surface area contributed by atoms with Gasteiger partial charge in [0, 0.05) is 11.9 Å². The van der Waals surface area contributed by atoms with E-state index >= 15 is 0 Å². The molecule has 3 N–H and O–H groups in total. The molecule has 1 aromatic rings. The van der Waals surface area contributed by atoms with Crippen molar-refractivity contribution >= 4 is 17.6 Å². The maximum absolute atomic E-state index is 12.1. The summed E-state index contributed by atoms with van der Waals surface area (Å²) >= 11 is 0. The third-order valence-electron chi connectivity index (χ3n) is 3.28. The molecule has 0 aliphatic carbocycles. The molecule has 0 fully saturated rings. The highest BCUT2D eigenvalue weighted by molar-refractivity contribution is 5.99. The van der Waals surface area contributed by atoms with Crippen LogP contribution in [0.15, 0.2) is 30.0 Å². The molecule has 6 nitrogen and oxygen atoms in total. The van der Waals surface area contributed by atoms with E-state index in [1.807, 2.05) is 45.9 Å². The number of benzene rings is 1. The number of rotatable bonds is 7. The summed E-state index contributed by atoms with van der Waals surface area (Å²) in [7, 11) is 0. The van der Waals surface area contributed by atoms with E-state index in [1.54, 1.807) is 6.07 Å². The Hall–Kier alpha value is -2.81. The van der Waals surface area contributed by atoms with Crippen molar-refractivity contribution in [1.29, 1.82) is 5.26 Å². The first-order chi connectivity index (χ1) is 11.2. The number of amides is 1. The van der Waals surface area contributed by atoms with Crippen LogP contribution in [-0.2, 0) is 9.59 Å². The zero-order valence-electron chi connectivity index (χ0n) is 14.4. The number of nitriles is 1. The summed E-state index contributed by atoms with van der Waals surface area (Å²) in [5.74, 6) is -1.71. The van der Waals surface area contributed by atoms with Gasteiger partial charge in [0.2, 0.25) is 0 Å². The van der Waals surface area contributed by atoms with Crippen molar-refractivity contribution in [2.45, 2.75) is 40.2 Å². The Morgan fingerprint density at radius 1 is 1.25 bits per heavy atom. The maximum atomic E-state index is 12.1. The number of aryl methyl sites for hydroxylation is 2. The van der Waals surface area contributed by atoms with Crippen LogP contribution in [0.25, 0.3) is 0 Å². The molecule has 0 aromatic heterocycles. The summed E-state index contributed by atoms with van der Waals surface area (Å²) in [6.45, 7) is 7.63. The third kappa shape index (κ3) is 6.13. The Morgan fingerprint density at radius 3 is 2.29 bits per heavy atom. The molecule has 0 saturated heterocycles. The second-order valence-electron chi connectivity index (χ2n) is 6.18. The molecule has 0 radical (unpaired) electrons. The minimum absolute atomic E-state index is 0.106. The zero-order valence-corrected chi connectivity index (χ0v) is 14.4. The lowest BCUT2D eigenvalue weighted by Gasteiger charge is -2.16. The van der Waals surface area contributed by atoms with Crippen LogP contribution >= 0.6 is 0 Å². The van der Waals surface area contributed by atoms with Crippen molar-refractivity contribution in [3.05, 3.63) is 41.1 Å². The van der Waals surface area contributed by atoms with Crippen LogP contribution in [0.2, 0.25) is 0 Å². The van der Waals surface area contributed by atoms with Crippen molar-refractivity contribution in [1.82, 2.24) is 5.32 Å². The standard InChI is InChI=1S/C18H23N3O3/c1-11(2)5-16(18(23)24)21-17(22)14(9-19)10-20-15-7-12(3)6-13(4)8-15/h6-8,10-11,16,20H,5H2,1-4H3,(H,21,22)(H,23,24)/b14-10-. The van der Waals surface area contributed by atoms with E-state index in [1.165, 1.54) is 6.20 Å². The Morgan fingerprint density at radius 2 is 1.83 bits per heavy atom. The fraction of sp³-hybridized carbons (Fsp3) is 0.389. The number of carbonyl (C=O) groups is 2. The number of hydrogen-bond donors (Lipinski definition) is 3. The van der Waals surface area contributed by atoms with E-state index in [-0.39, 0.29) is 11.5 Å². The van der Waals surface area contributed by atoms with Crippen LogP contribution in [0, 0.1) is 31.1 Å². The van der Waals surface area contributed by atoms with Gasteiger partial charge in [-0.2, -0.15) is 5.26 Å². The molecule has 0 aliphatic rings. The van der Waals surface area contributed by atoms with Crippen molar-refractivity contribution in [3.8, 4) is 6.07 Å². The summed E-state index contributed by atoms with van der Waals surface area (Å²) in [5, 5.41) is 23.6. The summed E-state index contributed by atoms with van der Waals surface area (Å²) < 4.78 is 0. The van der Waals surface area contributed by atoms with Gasteiger partial charge >= 0.3 is 5.97 Å². The van der Waals surface area contributed by atoms with Gasteiger partial charge in [0.05, 0.1) is 0 Å². The first-order valence-electron chi connectivity index (χ1n) is 7.71. The van der Waals surface area contributed by atoms with E-state index in [2.05, 4.69) is 10.6 Å². The van der Waals surface area contributed by atoms with Gasteiger partial charge < -0.3 is 15.7 Å². The number of nitrogens with one attached hydrogen (secondary N) is 2. The number of aliphatic carboxylic acids is 1. The highest BCUT2D eigenvalue weighted by Gasteiger charge is 2.22. The minimum atomic E-state index is -1.11. The molecule has 1 aromatic carbocycles. The highest BCUT2D eigenvalue weighted by Crippen LogP contribution is 2.14. The molecular weight excluding hydrogens is 306 g/mol. The Balaban J connectivity index is 2.85. The molecule has 6 heteroatoms. The average molecular weight is 329 g/mol. The average Bonchev–Trinajstić information content (AvgIpc) is 2.45. The van der Waals surface area contributed by atoms with Gasteiger partial charge in [-0.15, -0.1) is 0 Å². The van der Waals surface area contributed by atoms with Gasteiger partial charge in [0.15, 0.2) is 0 Å². The molecule has 1 rings (SSSR count). The Labute approximate surface area is 142 Å². The first kappa shape index (κ1) is 19.2. The van der Waals surface area contributed by atoms with Gasteiger partial charge in [-0.25, -0.2) is 4.79 Å². The van der Waals surface area contributed by atoms with Gasteiger partial charge in [0.1, 0.15) is 17.7 Å². The molecule has 0 spiro atoms. The van der Waals surface area contributed by atoms with Crippen LogP contribution in [0.4, 0.5) is 5.69 Å². The normalized spacial score (nSPS) is 12.4. The topological polar surface area (TPSA) is 102 Å². The van der Waals surface area contributed by atoms with Crippen molar-refractivity contribution < 1.29 is 14.7 Å². The lowest BCUT2D eigenvalue weighted by molar-refractivity contribution is -0.141. The fourth-order valence-electron chi connectivity index (χ4n) is 2.29. The molecular formula is C18H23N3O3. The lowest BCUT2D eigenvalue weighted by Crippen LogP contribution is -2.42. The van der Waals surface area contributed by atoms with E-state index < -0.39 is 17.9 Å². The second-order valence-corrected chi connectivity index (χ2v) is 6.18. The van der Waals surface area contributed by atoms with Crippen LogP contribution in [0.3, 0.4) is 0 Å². The van der Waals surface area contributed by atoms with Crippen LogP contribution < -0.4 is 10.6 Å². The molecule has 0 bridgehead atoms. The number of carbonyl (C=O) groups excluding carboxylic acids is 1. The SMILES string of the molecule is Cc1cc(C)cc(N/C=C(/C#N)C(=O)NC(CC(C)C)C(=O)O)c1. The molecule has 24 heavy (non-hydrogen) atoms. The molecule has 1 unspecified atom stereocenters. The van der Waals surface area contributed by atoms with E-state index in [9.17, 15) is 9.59 Å². The van der Waals surface area contributed by atoms with E-state index in [0.717, 1.165) is 16.8 Å². The number of carboxylic acids is 1. The van der Waals surface area contributed by atoms with Crippen LogP contribution in [0.1, 0.15) is 31.4 Å². The molecule has 0 aliphatic heterocycles. The van der Waals surface area contributed by atoms with Crippen molar-refractivity contribution in [3.63, 3.8) is 0 Å². The van der Waals surface area contributed by atoms with Gasteiger partial charge in [-0.1, -0.05) is 19.9 Å². The second kappa shape index (κ2) is 8.73. The van der Waals surface area contributed by atoms with E-state index in [4.69, 9.17) is 10.4 Å². The predicted molar refractivity (Wildman–Crippen MR) is 92.3 cm³/mol. The van der Waals surface area contributed by atoms with Gasteiger partial charge in [-0.05, 0) is 49.4 Å². The number of nitrogens with zero attached hydrogens (tertiary/aromatic N) is 1. The summed E-state index contributed by atoms with van der Waals surface area (Å²) in [6, 6.07) is 6.55. The van der Waals surface area contributed by atoms with Crippen LogP contribution in [0.5, 0.6) is 0 Å². The quantitative estimate of drug-likeness (QED) is 0.527. The van der Waals surface area contributed by atoms with Crippen molar-refractivity contribution in [2.24, 2.45) is 5.92 Å². The zero-order chi connectivity index (χ0) is 18.3. The lowest BCUT2D eigenvalue weighted by atomic mass is 10.0. The molecule has 0 saturated carbocycles. The van der Waals surface area contributed by atoms with Gasteiger partial charge in [-0.3, -0.25) is 4.79 Å². The fourth-order valence-corrected chi connectivity index (χ4v) is 2.29. The van der Waals surface area contributed by atoms with Crippen molar-refractivity contribution in [2.75, 3.05) is 5.32 Å².